The van der Waals surface area contributed by atoms with Gasteiger partial charge in [0.1, 0.15) is 11.0 Å². The molecule has 0 aliphatic heterocycles. The average molecular weight is 187 g/mol. The minimum absolute atomic E-state index is 0.251. The van der Waals surface area contributed by atoms with Gasteiger partial charge in [-0.3, -0.25) is 9.67 Å². The van der Waals surface area contributed by atoms with Crippen molar-refractivity contribution in [3.05, 3.63) is 24.5 Å². The number of hydrogen-bond donors (Lipinski definition) is 0. The van der Waals surface area contributed by atoms with Crippen LogP contribution in [0.25, 0.3) is 11.0 Å². The van der Waals surface area contributed by atoms with Crippen LogP contribution >= 0.6 is 0 Å². The predicted octanol–water partition coefficient (Wildman–Crippen LogP) is 2.33. The Morgan fingerprint density at radius 3 is 2.86 bits per heavy atom. The van der Waals surface area contributed by atoms with Crippen molar-refractivity contribution < 1.29 is 0 Å². The second-order valence-electron chi connectivity index (χ2n) is 4.33. The first-order valence-corrected chi connectivity index (χ1v) is 5.09. The highest BCUT2D eigenvalue weighted by atomic mass is 15.3. The van der Waals surface area contributed by atoms with Crippen LogP contribution in [0.2, 0.25) is 0 Å². The average Bonchev–Trinajstić information content (AvgIpc) is 2.57. The van der Waals surface area contributed by atoms with Gasteiger partial charge >= 0.3 is 0 Å². The Morgan fingerprint density at radius 2 is 2.21 bits per heavy atom. The summed E-state index contributed by atoms with van der Waals surface area (Å²) in [7, 11) is 0. The van der Waals surface area contributed by atoms with Gasteiger partial charge in [-0.15, -0.1) is 0 Å². The lowest BCUT2D eigenvalue weighted by Crippen LogP contribution is -2.37. The SMILES string of the molecule is CC1(n2cc3ncccc3n2)CCC1. The molecule has 0 saturated heterocycles. The molecule has 0 radical (unpaired) electrons. The number of nitrogens with zero attached hydrogens (tertiary/aromatic N) is 3. The van der Waals surface area contributed by atoms with Gasteiger partial charge in [0.2, 0.25) is 0 Å². The number of fused-ring (bicyclic) bond motifs is 1. The highest BCUT2D eigenvalue weighted by Gasteiger charge is 2.34. The van der Waals surface area contributed by atoms with Gasteiger partial charge in [-0.25, -0.2) is 0 Å². The molecule has 0 N–H and O–H groups in total. The molecular weight excluding hydrogens is 174 g/mol. The summed E-state index contributed by atoms with van der Waals surface area (Å²) in [5.41, 5.74) is 2.25. The lowest BCUT2D eigenvalue weighted by atomic mass is 9.79. The fourth-order valence-corrected chi connectivity index (χ4v) is 2.05. The maximum Gasteiger partial charge on any atom is 0.111 e. The molecule has 1 fully saturated rings. The van der Waals surface area contributed by atoms with Crippen LogP contribution < -0.4 is 0 Å². The molecule has 1 aliphatic rings. The van der Waals surface area contributed by atoms with Crippen molar-refractivity contribution in [3.63, 3.8) is 0 Å². The van der Waals surface area contributed by atoms with Crippen molar-refractivity contribution in [2.75, 3.05) is 0 Å². The van der Waals surface area contributed by atoms with E-state index in [0.717, 1.165) is 11.0 Å². The van der Waals surface area contributed by atoms with E-state index < -0.39 is 0 Å². The molecule has 0 bridgehead atoms. The minimum atomic E-state index is 0.251. The first-order chi connectivity index (χ1) is 6.78. The van der Waals surface area contributed by atoms with Gasteiger partial charge in [-0.05, 0) is 38.3 Å². The fraction of sp³-hybridized carbons (Fsp3) is 0.455. The van der Waals surface area contributed by atoms with Gasteiger partial charge < -0.3 is 0 Å². The number of aromatic nitrogens is 3. The quantitative estimate of drug-likeness (QED) is 0.686. The third kappa shape index (κ3) is 0.983. The highest BCUT2D eigenvalue weighted by Crippen LogP contribution is 2.38. The van der Waals surface area contributed by atoms with Gasteiger partial charge in [-0.1, -0.05) is 0 Å². The van der Waals surface area contributed by atoms with Crippen molar-refractivity contribution in [1.29, 1.82) is 0 Å². The molecule has 14 heavy (non-hydrogen) atoms. The monoisotopic (exact) mass is 187 g/mol. The molecule has 1 aliphatic carbocycles. The summed E-state index contributed by atoms with van der Waals surface area (Å²) in [6.45, 7) is 2.27. The van der Waals surface area contributed by atoms with E-state index >= 15 is 0 Å². The van der Waals surface area contributed by atoms with E-state index in [0.29, 0.717) is 0 Å². The normalized spacial score (nSPS) is 19.5. The van der Waals surface area contributed by atoms with Crippen LogP contribution in [0.4, 0.5) is 0 Å². The van der Waals surface area contributed by atoms with Crippen LogP contribution in [0.3, 0.4) is 0 Å². The Morgan fingerprint density at radius 1 is 1.36 bits per heavy atom. The standard InChI is InChI=1S/C11H13N3/c1-11(5-3-6-11)14-8-10-9(13-14)4-2-7-12-10/h2,4,7-8H,3,5-6H2,1H3. The summed E-state index contributed by atoms with van der Waals surface area (Å²) >= 11 is 0. The molecule has 2 aromatic rings. The maximum absolute atomic E-state index is 4.56. The van der Waals surface area contributed by atoms with Crippen molar-refractivity contribution in [3.8, 4) is 0 Å². The number of rotatable bonds is 1. The summed E-state index contributed by atoms with van der Waals surface area (Å²) in [4.78, 5) is 4.29. The molecule has 72 valence electrons. The van der Waals surface area contributed by atoms with E-state index in [9.17, 15) is 0 Å². The predicted molar refractivity (Wildman–Crippen MR) is 55.0 cm³/mol. The summed E-state index contributed by atoms with van der Waals surface area (Å²) in [6, 6.07) is 3.95. The van der Waals surface area contributed by atoms with Crippen molar-refractivity contribution in [1.82, 2.24) is 14.8 Å². The third-order valence-corrected chi connectivity index (χ3v) is 3.26. The molecule has 3 nitrogen and oxygen atoms in total. The van der Waals surface area contributed by atoms with Crippen LogP contribution in [-0.4, -0.2) is 14.8 Å². The van der Waals surface area contributed by atoms with Gasteiger partial charge in [0, 0.05) is 6.20 Å². The Hall–Kier alpha value is -1.38. The fourth-order valence-electron chi connectivity index (χ4n) is 2.05. The minimum Gasteiger partial charge on any atom is -0.264 e. The summed E-state index contributed by atoms with van der Waals surface area (Å²) in [6.07, 6.45) is 7.67. The van der Waals surface area contributed by atoms with E-state index in [-0.39, 0.29) is 5.54 Å². The number of hydrogen-bond acceptors (Lipinski definition) is 2. The van der Waals surface area contributed by atoms with Crippen LogP contribution in [0.5, 0.6) is 0 Å². The first-order valence-electron chi connectivity index (χ1n) is 5.09. The second-order valence-corrected chi connectivity index (χ2v) is 4.33. The van der Waals surface area contributed by atoms with Crippen LogP contribution in [0.1, 0.15) is 26.2 Å². The lowest BCUT2D eigenvalue weighted by molar-refractivity contribution is 0.150. The second kappa shape index (κ2) is 2.56. The van der Waals surface area contributed by atoms with Crippen LogP contribution in [0.15, 0.2) is 24.5 Å². The van der Waals surface area contributed by atoms with E-state index in [1.54, 1.807) is 0 Å². The van der Waals surface area contributed by atoms with E-state index in [1.807, 2.05) is 18.3 Å². The van der Waals surface area contributed by atoms with Gasteiger partial charge in [0.25, 0.3) is 0 Å². The van der Waals surface area contributed by atoms with E-state index in [2.05, 4.69) is 27.9 Å². The Balaban J connectivity index is 2.14. The molecular formula is C11H13N3. The zero-order valence-electron chi connectivity index (χ0n) is 8.27. The number of pyridine rings is 1. The molecule has 2 heterocycles. The Bertz CT molecular complexity index is 435. The largest absolute Gasteiger partial charge is 0.264 e. The molecule has 0 spiro atoms. The lowest BCUT2D eigenvalue weighted by Gasteiger charge is -2.38. The van der Waals surface area contributed by atoms with Gasteiger partial charge in [0.05, 0.1) is 11.7 Å². The molecule has 3 heteroatoms. The Labute approximate surface area is 82.8 Å². The molecule has 1 saturated carbocycles. The van der Waals surface area contributed by atoms with Crippen molar-refractivity contribution in [2.45, 2.75) is 31.7 Å². The van der Waals surface area contributed by atoms with Crippen molar-refractivity contribution >= 4 is 11.0 Å². The first kappa shape index (κ1) is 7.97. The van der Waals surface area contributed by atoms with Crippen LogP contribution in [0, 0.1) is 0 Å². The molecule has 0 aromatic carbocycles. The summed E-state index contributed by atoms with van der Waals surface area (Å²) in [5.74, 6) is 0. The topological polar surface area (TPSA) is 30.7 Å². The summed E-state index contributed by atoms with van der Waals surface area (Å²) < 4.78 is 2.09. The Kier molecular flexibility index (Phi) is 1.46. The van der Waals surface area contributed by atoms with Crippen LogP contribution in [-0.2, 0) is 5.54 Å². The zero-order chi connectivity index (χ0) is 9.60. The molecule has 0 amide bonds. The molecule has 0 atom stereocenters. The molecule has 0 unspecified atom stereocenters. The smallest absolute Gasteiger partial charge is 0.111 e. The molecule has 2 aromatic heterocycles. The third-order valence-electron chi connectivity index (χ3n) is 3.26. The van der Waals surface area contributed by atoms with Crippen molar-refractivity contribution in [2.24, 2.45) is 0 Å². The van der Waals surface area contributed by atoms with E-state index in [1.165, 1.54) is 19.3 Å². The highest BCUT2D eigenvalue weighted by molar-refractivity contribution is 5.72. The van der Waals surface area contributed by atoms with E-state index in [4.69, 9.17) is 0 Å². The summed E-state index contributed by atoms with van der Waals surface area (Å²) in [5, 5.41) is 4.56. The maximum atomic E-state index is 4.56. The van der Waals surface area contributed by atoms with Gasteiger partial charge in [-0.2, -0.15) is 5.10 Å². The zero-order valence-corrected chi connectivity index (χ0v) is 8.27. The van der Waals surface area contributed by atoms with Gasteiger partial charge in [0.15, 0.2) is 0 Å². The molecule has 3 rings (SSSR count).